The predicted molar refractivity (Wildman–Crippen MR) is 4.62 cm³/mol. The number of hydrogen-bond donors (Lipinski definition) is 0. The predicted octanol–water partition coefficient (Wildman–Crippen LogP) is -0.156. The van der Waals surface area contributed by atoms with Gasteiger partial charge in [-0.05, 0) is 0 Å². The van der Waals surface area contributed by atoms with Crippen molar-refractivity contribution in [2.24, 2.45) is 0 Å². The fourth-order valence-electron chi connectivity index (χ4n) is 0. The van der Waals surface area contributed by atoms with Gasteiger partial charge in [0.25, 0.3) is 0 Å². The van der Waals surface area contributed by atoms with Crippen LogP contribution in [0.25, 0.3) is 0 Å². The van der Waals surface area contributed by atoms with Crippen molar-refractivity contribution in [3.63, 3.8) is 0 Å². The zero-order valence-corrected chi connectivity index (χ0v) is 5.98. The maximum absolute atomic E-state index is 0. The molecule has 0 fully saturated rings. The van der Waals surface area contributed by atoms with Crippen molar-refractivity contribution >= 4 is 0 Å². The van der Waals surface area contributed by atoms with Crippen LogP contribution in [-0.4, -0.2) is 0 Å². The second kappa shape index (κ2) is 37.1. The van der Waals surface area contributed by atoms with Gasteiger partial charge in [0.15, 0.2) is 0 Å². The molecule has 2 nitrogen and oxygen atoms in total. The normalized spacial score (nSPS) is 0. The van der Waals surface area contributed by atoms with E-state index < -0.39 is 0 Å². The van der Waals surface area contributed by atoms with Crippen LogP contribution in [0.2, 0.25) is 0 Å². The minimum Gasteiger partial charge on any atom is -2.00 e. The Kier molecular flexibility index (Phi) is 771. The molecule has 0 aromatic heterocycles. The van der Waals surface area contributed by atoms with E-state index in [2.05, 4.69) is 0 Å². The van der Waals surface area contributed by atoms with Crippen molar-refractivity contribution in [1.82, 2.24) is 0 Å². The van der Waals surface area contributed by atoms with Gasteiger partial charge < -0.3 is 11.0 Å². The number of rotatable bonds is 0. The van der Waals surface area contributed by atoms with Gasteiger partial charge in [-0.1, -0.05) is 0 Å². The first-order valence-corrected chi connectivity index (χ1v) is 0. The summed E-state index contributed by atoms with van der Waals surface area (Å²) in [6, 6.07) is 0. The molecule has 0 aliphatic carbocycles. The van der Waals surface area contributed by atoms with Gasteiger partial charge >= 0.3 is 31.1 Å². The molecular weight excluding hydrogens is 282 g/mol. The first-order chi connectivity index (χ1) is 0. The van der Waals surface area contributed by atoms with Crippen LogP contribution >= 0.6 is 0 Å². The first-order valence-electron chi connectivity index (χ1n) is 0. The van der Waals surface area contributed by atoms with Crippen LogP contribution in [0.15, 0.2) is 0 Å². The van der Waals surface area contributed by atoms with E-state index >= 15 is 0 Å². The van der Waals surface area contributed by atoms with Crippen molar-refractivity contribution < 1.29 is 42.1 Å². The van der Waals surface area contributed by atoms with Gasteiger partial charge in [-0.3, -0.25) is 0 Å². The fourth-order valence-corrected chi connectivity index (χ4v) is 0. The topological polar surface area (TPSA) is 57.0 Å². The van der Waals surface area contributed by atoms with Gasteiger partial charge in [0, 0.05) is 7.43 Å². The zero-order chi connectivity index (χ0) is 0. The third-order valence-electron chi connectivity index (χ3n) is 0. The van der Waals surface area contributed by atoms with Gasteiger partial charge in [0.2, 0.25) is 0 Å². The summed E-state index contributed by atoms with van der Waals surface area (Å²) in [5, 5.41) is 0. The van der Waals surface area contributed by atoms with E-state index in [4.69, 9.17) is 0 Å². The smallest absolute Gasteiger partial charge is 2.00 e. The molecule has 0 unspecified atom stereocenters. The summed E-state index contributed by atoms with van der Waals surface area (Å²) < 4.78 is 0. The molecule has 0 spiro atoms. The molecule has 0 atom stereocenters. The quantitative estimate of drug-likeness (QED) is 0.593. The van der Waals surface area contributed by atoms with Gasteiger partial charge in [-0.2, -0.15) is 0 Å². The van der Waals surface area contributed by atoms with E-state index in [9.17, 15) is 0 Å². The first kappa shape index (κ1) is 83.0. The molecule has 0 aliphatic rings. The van der Waals surface area contributed by atoms with Crippen LogP contribution in [0, 0.1) is 38.5 Å². The van der Waals surface area contributed by atoms with Crippen molar-refractivity contribution in [3.8, 4) is 0 Å². The van der Waals surface area contributed by atoms with E-state index in [0.29, 0.717) is 0 Å². The Morgan fingerprint density at radius 1 is 0.750 bits per heavy atom. The Bertz CT molecular complexity index is 6.00. The summed E-state index contributed by atoms with van der Waals surface area (Å²) in [4.78, 5) is 0. The molecule has 3 heteroatoms. The van der Waals surface area contributed by atoms with Crippen LogP contribution in [-0.2, 0) is 11.0 Å². The van der Waals surface area contributed by atoms with E-state index in [1.54, 1.807) is 0 Å². The molecule has 0 rings (SSSR count). The van der Waals surface area contributed by atoms with Crippen LogP contribution < -0.4 is 0 Å². The summed E-state index contributed by atoms with van der Waals surface area (Å²) in [6.07, 6.45) is 0. The fraction of sp³-hybridized carbons (Fsp3) is 0. The second-order valence-corrected chi connectivity index (χ2v) is 0. The molecule has 0 heterocycles. The van der Waals surface area contributed by atoms with Crippen molar-refractivity contribution in [2.75, 3.05) is 0 Å². The minimum absolute atomic E-state index is 0. The largest absolute Gasteiger partial charge is 4.00 e. The van der Waals surface area contributed by atoms with Crippen LogP contribution in [0.1, 0.15) is 0 Å². The molecule has 0 aliphatic heterocycles. The van der Waals surface area contributed by atoms with Gasteiger partial charge in [0.1, 0.15) is 0 Å². The van der Waals surface area contributed by atoms with Crippen molar-refractivity contribution in [3.05, 3.63) is 7.43 Å². The third kappa shape index (κ3) is 12.2. The van der Waals surface area contributed by atoms with Gasteiger partial charge in [-0.25, -0.2) is 0 Å². The standard InChI is InChI=1S/C.2O.U/q;2*-2;+4. The van der Waals surface area contributed by atoms with E-state index in [1.807, 2.05) is 0 Å². The Morgan fingerprint density at radius 3 is 0.750 bits per heavy atom. The van der Waals surface area contributed by atoms with E-state index in [-0.39, 0.29) is 49.5 Å². The van der Waals surface area contributed by atoms with Gasteiger partial charge in [-0.15, -0.1) is 0 Å². The third-order valence-corrected chi connectivity index (χ3v) is 0. The Hall–Kier alpha value is 0.972. The summed E-state index contributed by atoms with van der Waals surface area (Å²) in [6.45, 7) is 0. The van der Waals surface area contributed by atoms with Crippen molar-refractivity contribution in [2.45, 2.75) is 0 Å². The molecule has 0 saturated heterocycles. The average molecular weight is 282 g/mol. The molecule has 0 aromatic rings. The second-order valence-electron chi connectivity index (χ2n) is 0. The average Bonchev–Trinajstić information content (AvgIpc) is 0. The van der Waals surface area contributed by atoms with E-state index in [0.717, 1.165) is 0 Å². The molecule has 0 aromatic carbocycles. The number of hydrogen-bond acceptors (Lipinski definition) is 0. The molecule has 0 saturated carbocycles. The van der Waals surface area contributed by atoms with Gasteiger partial charge in [0.05, 0.1) is 0 Å². The SMILES string of the molecule is [C].[O-2].[O-2].[U+4]. The molecule has 0 N–H and O–H groups in total. The van der Waals surface area contributed by atoms with E-state index in [1.165, 1.54) is 0 Å². The monoisotopic (exact) mass is 282 g/mol. The molecule has 0 amide bonds. The maximum Gasteiger partial charge on any atom is 4.00 e. The molecule has 4 heavy (non-hydrogen) atoms. The molecule has 0 bridgehead atoms. The molecule has 4 radical (unpaired) electrons. The van der Waals surface area contributed by atoms with Crippen LogP contribution in [0.5, 0.6) is 0 Å². The minimum atomic E-state index is 0. The molecular formula is CO2U. The Morgan fingerprint density at radius 2 is 0.750 bits per heavy atom. The Labute approximate surface area is 49.6 Å². The summed E-state index contributed by atoms with van der Waals surface area (Å²) >= 11 is 0. The van der Waals surface area contributed by atoms with Crippen LogP contribution in [0.4, 0.5) is 0 Å². The van der Waals surface area contributed by atoms with Crippen molar-refractivity contribution in [1.29, 1.82) is 0 Å². The summed E-state index contributed by atoms with van der Waals surface area (Å²) in [5.74, 6) is 0. The summed E-state index contributed by atoms with van der Waals surface area (Å²) in [5.41, 5.74) is 0. The zero-order valence-electron chi connectivity index (χ0n) is 1.82. The maximum atomic E-state index is 0. The van der Waals surface area contributed by atoms with Crippen LogP contribution in [0.3, 0.4) is 0 Å². The summed E-state index contributed by atoms with van der Waals surface area (Å²) in [7, 11) is 0. The molecule has 20 valence electrons. The Balaban J connectivity index is 0.